The van der Waals surface area contributed by atoms with Crippen molar-refractivity contribution in [2.45, 2.75) is 44.7 Å². The van der Waals surface area contributed by atoms with Crippen molar-refractivity contribution in [2.75, 3.05) is 5.32 Å². The highest BCUT2D eigenvalue weighted by molar-refractivity contribution is 5.90. The Bertz CT molecular complexity index is 564. The van der Waals surface area contributed by atoms with Gasteiger partial charge in [-0.25, -0.2) is 13.6 Å². The number of piperidine rings is 1. The van der Waals surface area contributed by atoms with Crippen LogP contribution in [0.1, 0.15) is 32.6 Å². The Morgan fingerprint density at radius 1 is 1.24 bits per heavy atom. The summed E-state index contributed by atoms with van der Waals surface area (Å²) in [5.41, 5.74) is 1.00. The summed E-state index contributed by atoms with van der Waals surface area (Å²) in [5.74, 6) is -1.50. The summed E-state index contributed by atoms with van der Waals surface area (Å²) in [4.78, 5) is 14.2. The predicted molar refractivity (Wildman–Crippen MR) is 77.0 cm³/mol. The van der Waals surface area contributed by atoms with Crippen LogP contribution in [0.5, 0.6) is 0 Å². The lowest BCUT2D eigenvalue weighted by Gasteiger charge is -2.36. The molecule has 3 rings (SSSR count). The van der Waals surface area contributed by atoms with Gasteiger partial charge in [-0.05, 0) is 44.7 Å². The molecular formula is C16H18F2N2O. The van der Waals surface area contributed by atoms with E-state index in [-0.39, 0.29) is 17.8 Å². The van der Waals surface area contributed by atoms with Crippen LogP contribution < -0.4 is 5.32 Å². The van der Waals surface area contributed by atoms with Crippen molar-refractivity contribution in [3.63, 3.8) is 0 Å². The van der Waals surface area contributed by atoms with E-state index in [0.29, 0.717) is 0 Å². The lowest BCUT2D eigenvalue weighted by Crippen LogP contribution is -2.47. The molecule has 1 aromatic rings. The zero-order valence-corrected chi connectivity index (χ0v) is 11.9. The number of allylic oxidation sites excluding steroid dienone is 1. The Morgan fingerprint density at radius 3 is 2.33 bits per heavy atom. The second-order valence-electron chi connectivity index (χ2n) is 5.67. The summed E-state index contributed by atoms with van der Waals surface area (Å²) in [5, 5.41) is 2.40. The maximum absolute atomic E-state index is 13.6. The molecule has 2 atom stereocenters. The van der Waals surface area contributed by atoms with Crippen molar-refractivity contribution in [1.82, 2.24) is 4.90 Å². The summed E-state index contributed by atoms with van der Waals surface area (Å²) < 4.78 is 27.2. The number of rotatable bonds is 1. The SMILES string of the molecule is CC=C1CC2CCC(C1)N2C(=O)Nc1c(F)cccc1F. The van der Waals surface area contributed by atoms with Gasteiger partial charge in [-0.1, -0.05) is 17.7 Å². The monoisotopic (exact) mass is 292 g/mol. The highest BCUT2D eigenvalue weighted by atomic mass is 19.1. The standard InChI is InChI=1S/C16H18F2N2O/c1-2-10-8-11-6-7-12(9-10)20(11)16(21)19-15-13(17)4-3-5-14(15)18/h2-5,11-12H,6-9H2,1H3,(H,19,21). The smallest absolute Gasteiger partial charge is 0.318 e. The molecule has 0 saturated carbocycles. The first-order valence-corrected chi connectivity index (χ1v) is 7.27. The van der Waals surface area contributed by atoms with Crippen LogP contribution in [0, 0.1) is 11.6 Å². The number of halogens is 2. The number of anilines is 1. The van der Waals surface area contributed by atoms with Crippen molar-refractivity contribution in [3.05, 3.63) is 41.5 Å². The molecule has 21 heavy (non-hydrogen) atoms. The van der Waals surface area contributed by atoms with Crippen LogP contribution >= 0.6 is 0 Å². The topological polar surface area (TPSA) is 32.3 Å². The Morgan fingerprint density at radius 2 is 1.81 bits per heavy atom. The van der Waals surface area contributed by atoms with Gasteiger partial charge in [0, 0.05) is 12.1 Å². The lowest BCUT2D eigenvalue weighted by molar-refractivity contribution is 0.173. The number of amides is 2. The molecule has 0 aromatic heterocycles. The molecule has 2 aliphatic rings. The molecule has 2 saturated heterocycles. The molecule has 2 amide bonds. The largest absolute Gasteiger partial charge is 0.322 e. The average molecular weight is 292 g/mol. The zero-order chi connectivity index (χ0) is 15.0. The van der Waals surface area contributed by atoms with E-state index in [0.717, 1.165) is 37.8 Å². The minimum atomic E-state index is -0.748. The van der Waals surface area contributed by atoms with Gasteiger partial charge < -0.3 is 10.2 Å². The maximum Gasteiger partial charge on any atom is 0.322 e. The molecular weight excluding hydrogens is 274 g/mol. The number of carbonyl (C=O) groups is 1. The third-order valence-electron chi connectivity index (χ3n) is 4.45. The maximum atomic E-state index is 13.6. The highest BCUT2D eigenvalue weighted by Crippen LogP contribution is 2.38. The molecule has 2 bridgehead atoms. The Kier molecular flexibility index (Phi) is 3.66. The van der Waals surface area contributed by atoms with Crippen LogP contribution in [-0.2, 0) is 0 Å². The number of para-hydroxylation sites is 1. The molecule has 0 radical (unpaired) electrons. The van der Waals surface area contributed by atoms with Crippen LogP contribution in [0.25, 0.3) is 0 Å². The number of hydrogen-bond acceptors (Lipinski definition) is 1. The first kappa shape index (κ1) is 14.0. The number of benzene rings is 1. The third kappa shape index (κ3) is 2.52. The fourth-order valence-electron chi connectivity index (χ4n) is 3.41. The predicted octanol–water partition coefficient (Wildman–Crippen LogP) is 4.07. The van der Waals surface area contributed by atoms with Crippen LogP contribution in [0.4, 0.5) is 19.3 Å². The van der Waals surface area contributed by atoms with Gasteiger partial charge in [-0.2, -0.15) is 0 Å². The Balaban J connectivity index is 1.78. The molecule has 2 aliphatic heterocycles. The number of nitrogens with one attached hydrogen (secondary N) is 1. The minimum absolute atomic E-state index is 0.143. The molecule has 112 valence electrons. The quantitative estimate of drug-likeness (QED) is 0.777. The molecule has 2 fully saturated rings. The second-order valence-corrected chi connectivity index (χ2v) is 5.67. The molecule has 3 nitrogen and oxygen atoms in total. The van der Waals surface area contributed by atoms with Gasteiger partial charge >= 0.3 is 6.03 Å². The zero-order valence-electron chi connectivity index (χ0n) is 11.9. The van der Waals surface area contributed by atoms with Crippen LogP contribution in [0.2, 0.25) is 0 Å². The number of urea groups is 1. The summed E-state index contributed by atoms with van der Waals surface area (Å²) in [7, 11) is 0. The van der Waals surface area contributed by atoms with Crippen LogP contribution in [-0.4, -0.2) is 23.0 Å². The fraction of sp³-hybridized carbons (Fsp3) is 0.438. The molecule has 2 unspecified atom stereocenters. The summed E-state index contributed by atoms with van der Waals surface area (Å²) in [6.07, 6.45) is 5.74. The molecule has 2 heterocycles. The normalized spacial score (nSPS) is 24.1. The highest BCUT2D eigenvalue weighted by Gasteiger charge is 2.41. The molecule has 1 aromatic carbocycles. The first-order chi connectivity index (χ1) is 10.1. The third-order valence-corrected chi connectivity index (χ3v) is 4.45. The van der Waals surface area contributed by atoms with Crippen LogP contribution in [0.15, 0.2) is 29.8 Å². The van der Waals surface area contributed by atoms with Gasteiger partial charge in [-0.15, -0.1) is 0 Å². The summed E-state index contributed by atoms with van der Waals surface area (Å²) in [6.45, 7) is 2.01. The van der Waals surface area contributed by atoms with E-state index in [1.807, 2.05) is 6.92 Å². The molecule has 5 heteroatoms. The molecule has 0 spiro atoms. The van der Waals surface area contributed by atoms with E-state index in [1.165, 1.54) is 11.6 Å². The van der Waals surface area contributed by atoms with Gasteiger partial charge in [-0.3, -0.25) is 0 Å². The fourth-order valence-corrected chi connectivity index (χ4v) is 3.41. The van der Waals surface area contributed by atoms with Gasteiger partial charge in [0.1, 0.15) is 17.3 Å². The number of nitrogens with zero attached hydrogens (tertiary/aromatic N) is 1. The van der Waals surface area contributed by atoms with E-state index in [2.05, 4.69) is 11.4 Å². The van der Waals surface area contributed by atoms with Gasteiger partial charge in [0.25, 0.3) is 0 Å². The van der Waals surface area contributed by atoms with Crippen molar-refractivity contribution in [3.8, 4) is 0 Å². The van der Waals surface area contributed by atoms with Crippen LogP contribution in [0.3, 0.4) is 0 Å². The van der Waals surface area contributed by atoms with Gasteiger partial charge in [0.05, 0.1) is 0 Å². The average Bonchev–Trinajstić information content (AvgIpc) is 2.73. The van der Waals surface area contributed by atoms with Crippen molar-refractivity contribution < 1.29 is 13.6 Å². The lowest BCUT2D eigenvalue weighted by atomic mass is 9.97. The molecule has 0 aliphatic carbocycles. The van der Waals surface area contributed by atoms with Crippen molar-refractivity contribution in [1.29, 1.82) is 0 Å². The Labute approximate surface area is 122 Å². The van der Waals surface area contributed by atoms with E-state index >= 15 is 0 Å². The van der Waals surface area contributed by atoms with E-state index in [4.69, 9.17) is 0 Å². The minimum Gasteiger partial charge on any atom is -0.318 e. The summed E-state index contributed by atoms with van der Waals surface area (Å²) >= 11 is 0. The number of fused-ring (bicyclic) bond motifs is 2. The van der Waals surface area contributed by atoms with Gasteiger partial charge in [0.2, 0.25) is 0 Å². The van der Waals surface area contributed by atoms with Crippen molar-refractivity contribution >= 4 is 11.7 Å². The van der Waals surface area contributed by atoms with E-state index in [1.54, 1.807) is 4.90 Å². The van der Waals surface area contributed by atoms with E-state index in [9.17, 15) is 13.6 Å². The van der Waals surface area contributed by atoms with Crippen molar-refractivity contribution in [2.24, 2.45) is 0 Å². The molecule has 1 N–H and O–H groups in total. The summed E-state index contributed by atoms with van der Waals surface area (Å²) in [6, 6.07) is 3.45. The first-order valence-electron chi connectivity index (χ1n) is 7.27. The number of carbonyl (C=O) groups excluding carboxylic acids is 1. The van der Waals surface area contributed by atoms with Gasteiger partial charge in [0.15, 0.2) is 0 Å². The second kappa shape index (κ2) is 5.47. The van der Waals surface area contributed by atoms with E-state index < -0.39 is 17.7 Å². The Hall–Kier alpha value is -1.91. The number of hydrogen-bond donors (Lipinski definition) is 1.